The molecule has 0 spiro atoms. The molecule has 0 saturated heterocycles. The van der Waals surface area contributed by atoms with Crippen LogP contribution in [0.4, 0.5) is 11.4 Å². The minimum atomic E-state index is 0.326. The minimum Gasteiger partial charge on any atom is -0.398 e. The summed E-state index contributed by atoms with van der Waals surface area (Å²) < 4.78 is 6.52. The van der Waals surface area contributed by atoms with Crippen molar-refractivity contribution >= 4 is 27.3 Å². The number of nitrogens with two attached hydrogens (primary N) is 1. The van der Waals surface area contributed by atoms with E-state index in [1.54, 1.807) is 0 Å². The molecule has 0 atom stereocenters. The monoisotopic (exact) mass is 314 g/mol. The lowest BCUT2D eigenvalue weighted by Gasteiger charge is -2.11. The molecule has 1 rings (SSSR count). The van der Waals surface area contributed by atoms with Crippen molar-refractivity contribution in [1.29, 1.82) is 0 Å². The van der Waals surface area contributed by atoms with Gasteiger partial charge in [0, 0.05) is 29.0 Å². The van der Waals surface area contributed by atoms with E-state index >= 15 is 0 Å². The second-order valence-electron chi connectivity index (χ2n) is 4.74. The van der Waals surface area contributed by atoms with Crippen LogP contribution in [0, 0.1) is 6.92 Å². The van der Waals surface area contributed by atoms with E-state index in [2.05, 4.69) is 41.2 Å². The van der Waals surface area contributed by atoms with Crippen LogP contribution >= 0.6 is 15.9 Å². The first-order valence-electron chi connectivity index (χ1n) is 6.41. The van der Waals surface area contributed by atoms with Crippen LogP contribution < -0.4 is 11.1 Å². The highest BCUT2D eigenvalue weighted by Gasteiger charge is 2.02. The smallest absolute Gasteiger partial charge is 0.0518 e. The molecule has 0 aliphatic rings. The fourth-order valence-corrected chi connectivity index (χ4v) is 2.10. The van der Waals surface area contributed by atoms with Gasteiger partial charge in [-0.05, 0) is 67.2 Å². The highest BCUT2D eigenvalue weighted by Crippen LogP contribution is 2.27. The van der Waals surface area contributed by atoms with Gasteiger partial charge in [-0.1, -0.05) is 0 Å². The molecular weight excluding hydrogens is 292 g/mol. The van der Waals surface area contributed by atoms with Crippen molar-refractivity contribution in [2.45, 2.75) is 39.7 Å². The number of unbranched alkanes of at least 4 members (excludes halogenated alkanes) is 1. The highest BCUT2D eigenvalue weighted by molar-refractivity contribution is 9.10. The third kappa shape index (κ3) is 5.27. The summed E-state index contributed by atoms with van der Waals surface area (Å²) in [6.07, 6.45) is 2.51. The number of anilines is 2. The maximum absolute atomic E-state index is 5.84. The maximum Gasteiger partial charge on any atom is 0.0518 e. The van der Waals surface area contributed by atoms with Gasteiger partial charge in [-0.25, -0.2) is 0 Å². The minimum absolute atomic E-state index is 0.326. The summed E-state index contributed by atoms with van der Waals surface area (Å²) in [7, 11) is 0. The maximum atomic E-state index is 5.84. The van der Waals surface area contributed by atoms with Crippen molar-refractivity contribution in [2.24, 2.45) is 0 Å². The average Bonchev–Trinajstić information content (AvgIpc) is 2.29. The summed E-state index contributed by atoms with van der Waals surface area (Å²) in [4.78, 5) is 0. The standard InChI is InChI=1S/C14H23BrN2O/c1-10(2)18-7-5-4-6-17-14-8-11(3)13(16)9-12(14)15/h8-10,17H,4-7,16H2,1-3H3. The number of nitrogen functional groups attached to an aromatic ring is 1. The Bertz CT molecular complexity index is 380. The Kier molecular flexibility index (Phi) is 6.50. The van der Waals surface area contributed by atoms with Crippen molar-refractivity contribution in [3.63, 3.8) is 0 Å². The van der Waals surface area contributed by atoms with Crippen molar-refractivity contribution < 1.29 is 4.74 Å². The first-order valence-corrected chi connectivity index (χ1v) is 7.21. The number of ether oxygens (including phenoxy) is 1. The molecule has 0 bridgehead atoms. The lowest BCUT2D eigenvalue weighted by Crippen LogP contribution is -2.07. The van der Waals surface area contributed by atoms with Gasteiger partial charge in [-0.3, -0.25) is 0 Å². The predicted octanol–water partition coefficient (Wildman–Crippen LogP) is 3.96. The van der Waals surface area contributed by atoms with Crippen LogP contribution in [0.1, 0.15) is 32.3 Å². The molecule has 3 N–H and O–H groups in total. The van der Waals surface area contributed by atoms with Crippen molar-refractivity contribution in [2.75, 3.05) is 24.2 Å². The van der Waals surface area contributed by atoms with Crippen molar-refractivity contribution in [1.82, 2.24) is 0 Å². The summed E-state index contributed by atoms with van der Waals surface area (Å²) in [5.41, 5.74) is 8.86. The number of halogens is 1. The van der Waals surface area contributed by atoms with Gasteiger partial charge in [0.2, 0.25) is 0 Å². The van der Waals surface area contributed by atoms with Gasteiger partial charge in [0.15, 0.2) is 0 Å². The van der Waals surface area contributed by atoms with Gasteiger partial charge in [-0.2, -0.15) is 0 Å². The largest absolute Gasteiger partial charge is 0.398 e. The van der Waals surface area contributed by atoms with Crippen molar-refractivity contribution in [3.05, 3.63) is 22.2 Å². The number of nitrogens with one attached hydrogen (secondary N) is 1. The number of hydrogen-bond donors (Lipinski definition) is 2. The molecule has 0 aliphatic heterocycles. The molecule has 0 unspecified atom stereocenters. The van der Waals surface area contributed by atoms with Gasteiger partial charge in [0.25, 0.3) is 0 Å². The van der Waals surface area contributed by atoms with Gasteiger partial charge >= 0.3 is 0 Å². The normalized spacial score (nSPS) is 10.9. The molecule has 0 heterocycles. The summed E-state index contributed by atoms with van der Waals surface area (Å²) in [6, 6.07) is 4.02. The molecule has 0 saturated carbocycles. The second kappa shape index (κ2) is 7.64. The lowest BCUT2D eigenvalue weighted by molar-refractivity contribution is 0.0765. The summed E-state index contributed by atoms with van der Waals surface area (Å²) in [5.74, 6) is 0. The molecule has 0 fully saturated rings. The molecule has 102 valence electrons. The van der Waals surface area contributed by atoms with E-state index < -0.39 is 0 Å². The van der Waals surface area contributed by atoms with Crippen LogP contribution in [-0.4, -0.2) is 19.3 Å². The predicted molar refractivity (Wildman–Crippen MR) is 82.1 cm³/mol. The molecule has 18 heavy (non-hydrogen) atoms. The zero-order valence-electron chi connectivity index (χ0n) is 11.4. The Balaban J connectivity index is 2.29. The summed E-state index contributed by atoms with van der Waals surface area (Å²) in [5, 5.41) is 3.41. The Labute approximate surface area is 118 Å². The van der Waals surface area contributed by atoms with Gasteiger partial charge < -0.3 is 15.8 Å². The van der Waals surface area contributed by atoms with E-state index in [4.69, 9.17) is 10.5 Å². The zero-order chi connectivity index (χ0) is 13.5. The molecular formula is C14H23BrN2O. The fourth-order valence-electron chi connectivity index (χ4n) is 1.60. The van der Waals surface area contributed by atoms with Crippen LogP contribution in [0.3, 0.4) is 0 Å². The first kappa shape index (κ1) is 15.3. The van der Waals surface area contributed by atoms with Crippen LogP contribution in [0.5, 0.6) is 0 Å². The molecule has 0 radical (unpaired) electrons. The molecule has 1 aromatic carbocycles. The summed E-state index contributed by atoms with van der Waals surface area (Å²) >= 11 is 3.52. The fraction of sp³-hybridized carbons (Fsp3) is 0.571. The SMILES string of the molecule is Cc1cc(NCCCCOC(C)C)c(Br)cc1N. The first-order chi connectivity index (χ1) is 8.50. The quantitative estimate of drug-likeness (QED) is 0.591. The number of benzene rings is 1. The number of hydrogen-bond acceptors (Lipinski definition) is 3. The number of aryl methyl sites for hydroxylation is 1. The van der Waals surface area contributed by atoms with Gasteiger partial charge in [0.1, 0.15) is 0 Å². The van der Waals surface area contributed by atoms with Crippen LogP contribution in [0.25, 0.3) is 0 Å². The van der Waals surface area contributed by atoms with E-state index in [9.17, 15) is 0 Å². The Morgan fingerprint density at radius 2 is 2.06 bits per heavy atom. The van der Waals surface area contributed by atoms with E-state index in [0.29, 0.717) is 6.10 Å². The Morgan fingerprint density at radius 3 is 2.72 bits per heavy atom. The zero-order valence-corrected chi connectivity index (χ0v) is 13.0. The van der Waals surface area contributed by atoms with E-state index in [-0.39, 0.29) is 0 Å². The highest BCUT2D eigenvalue weighted by atomic mass is 79.9. The molecule has 0 amide bonds. The van der Waals surface area contributed by atoms with E-state index in [1.807, 2.05) is 13.0 Å². The third-order valence-corrected chi connectivity index (χ3v) is 3.35. The van der Waals surface area contributed by atoms with Crippen LogP contribution in [0.2, 0.25) is 0 Å². The summed E-state index contributed by atoms with van der Waals surface area (Å²) in [6.45, 7) is 7.92. The number of rotatable bonds is 7. The average molecular weight is 315 g/mol. The van der Waals surface area contributed by atoms with E-state index in [0.717, 1.165) is 47.4 Å². The molecule has 4 heteroatoms. The molecule has 3 nitrogen and oxygen atoms in total. The topological polar surface area (TPSA) is 47.3 Å². The van der Waals surface area contributed by atoms with Crippen molar-refractivity contribution in [3.8, 4) is 0 Å². The third-order valence-electron chi connectivity index (χ3n) is 2.69. The van der Waals surface area contributed by atoms with Gasteiger partial charge in [-0.15, -0.1) is 0 Å². The Hall–Kier alpha value is -0.740. The molecule has 1 aromatic rings. The lowest BCUT2D eigenvalue weighted by atomic mass is 10.2. The van der Waals surface area contributed by atoms with Crippen LogP contribution in [0.15, 0.2) is 16.6 Å². The molecule has 0 aliphatic carbocycles. The Morgan fingerprint density at radius 1 is 1.33 bits per heavy atom. The molecule has 0 aromatic heterocycles. The van der Waals surface area contributed by atoms with Crippen LogP contribution in [-0.2, 0) is 4.74 Å². The van der Waals surface area contributed by atoms with E-state index in [1.165, 1.54) is 0 Å². The van der Waals surface area contributed by atoms with Gasteiger partial charge in [0.05, 0.1) is 6.10 Å². The second-order valence-corrected chi connectivity index (χ2v) is 5.60.